The first-order valence-corrected chi connectivity index (χ1v) is 7.61. The molecule has 0 unspecified atom stereocenters. The van der Waals surface area contributed by atoms with Gasteiger partial charge in [-0.1, -0.05) is 45.0 Å². The van der Waals surface area contributed by atoms with Crippen molar-refractivity contribution in [1.82, 2.24) is 9.80 Å². The minimum Gasteiger partial charge on any atom is -0.465 e. The molecule has 0 aliphatic heterocycles. The first-order chi connectivity index (χ1) is 11.0. The van der Waals surface area contributed by atoms with E-state index < -0.39 is 17.4 Å². The van der Waals surface area contributed by atoms with Gasteiger partial charge in [0.05, 0.1) is 6.54 Å². The first kappa shape index (κ1) is 19.5. The molecule has 24 heavy (non-hydrogen) atoms. The Morgan fingerprint density at radius 2 is 1.58 bits per heavy atom. The summed E-state index contributed by atoms with van der Waals surface area (Å²) in [7, 11) is 1.47. The van der Waals surface area contributed by atoms with E-state index in [1.807, 2.05) is 12.1 Å². The van der Waals surface area contributed by atoms with Crippen molar-refractivity contribution in [1.29, 1.82) is 0 Å². The summed E-state index contributed by atoms with van der Waals surface area (Å²) in [6.45, 7) is 5.52. The molecule has 1 rings (SSSR count). The molecule has 7 nitrogen and oxygen atoms in total. The van der Waals surface area contributed by atoms with Crippen molar-refractivity contribution < 1.29 is 19.5 Å². The van der Waals surface area contributed by atoms with E-state index in [2.05, 4.69) is 0 Å². The number of amides is 3. The highest BCUT2D eigenvalue weighted by Gasteiger charge is 2.28. The number of hydrogen-bond acceptors (Lipinski definition) is 3. The number of carbonyl (C=O) groups excluding carboxylic acids is 2. The van der Waals surface area contributed by atoms with Crippen LogP contribution < -0.4 is 5.73 Å². The van der Waals surface area contributed by atoms with E-state index >= 15 is 0 Å². The molecule has 0 saturated heterocycles. The van der Waals surface area contributed by atoms with Gasteiger partial charge in [-0.25, -0.2) is 4.79 Å². The summed E-state index contributed by atoms with van der Waals surface area (Å²) < 4.78 is 0. The third kappa shape index (κ3) is 5.57. The molecular formula is C17H25N3O4. The SMILES string of the molecule is CN(Cc1ccccc1CN(CC(N)=O)C(=O)C(C)(C)C)C(=O)O. The van der Waals surface area contributed by atoms with Gasteiger partial charge in [-0.05, 0) is 11.1 Å². The van der Waals surface area contributed by atoms with Crippen LogP contribution in [0, 0.1) is 5.41 Å². The van der Waals surface area contributed by atoms with Crippen LogP contribution >= 0.6 is 0 Å². The van der Waals surface area contributed by atoms with Crippen molar-refractivity contribution in [3.8, 4) is 0 Å². The maximum Gasteiger partial charge on any atom is 0.407 e. The maximum atomic E-state index is 12.6. The molecule has 3 N–H and O–H groups in total. The molecule has 0 fully saturated rings. The molecule has 0 saturated carbocycles. The van der Waals surface area contributed by atoms with Crippen molar-refractivity contribution >= 4 is 17.9 Å². The lowest BCUT2D eigenvalue weighted by atomic mass is 9.94. The summed E-state index contributed by atoms with van der Waals surface area (Å²) in [6.07, 6.45) is -1.04. The standard InChI is InChI=1S/C17H25N3O4/c1-17(2,3)15(22)20(11-14(18)21)10-13-8-6-5-7-12(13)9-19(4)16(23)24/h5-8H,9-11H2,1-4H3,(H2,18,21)(H,23,24). The van der Waals surface area contributed by atoms with Gasteiger partial charge >= 0.3 is 6.09 Å². The molecule has 0 spiro atoms. The van der Waals surface area contributed by atoms with Crippen molar-refractivity contribution in [3.63, 3.8) is 0 Å². The molecule has 0 heterocycles. The molecule has 1 aromatic carbocycles. The third-order valence-corrected chi connectivity index (χ3v) is 3.49. The lowest BCUT2D eigenvalue weighted by Gasteiger charge is -2.29. The van der Waals surface area contributed by atoms with Crippen LogP contribution in [0.25, 0.3) is 0 Å². The number of carbonyl (C=O) groups is 3. The molecule has 0 atom stereocenters. The van der Waals surface area contributed by atoms with E-state index in [1.54, 1.807) is 32.9 Å². The Morgan fingerprint density at radius 1 is 1.08 bits per heavy atom. The number of hydrogen-bond donors (Lipinski definition) is 2. The fourth-order valence-corrected chi connectivity index (χ4v) is 2.26. The van der Waals surface area contributed by atoms with Gasteiger partial charge in [0.25, 0.3) is 0 Å². The molecule has 132 valence electrons. The van der Waals surface area contributed by atoms with E-state index in [4.69, 9.17) is 10.8 Å². The van der Waals surface area contributed by atoms with Crippen LogP contribution in [0.2, 0.25) is 0 Å². The van der Waals surface area contributed by atoms with Crippen LogP contribution in [0.3, 0.4) is 0 Å². The zero-order valence-corrected chi connectivity index (χ0v) is 14.6. The number of nitrogens with zero attached hydrogens (tertiary/aromatic N) is 2. The molecule has 0 radical (unpaired) electrons. The normalized spacial score (nSPS) is 11.0. The predicted octanol–water partition coefficient (Wildman–Crippen LogP) is 1.66. The van der Waals surface area contributed by atoms with E-state index in [1.165, 1.54) is 11.9 Å². The van der Waals surface area contributed by atoms with Crippen LogP contribution in [0.5, 0.6) is 0 Å². The molecule has 3 amide bonds. The zero-order valence-electron chi connectivity index (χ0n) is 14.6. The second-order valence-corrected chi connectivity index (χ2v) is 6.78. The van der Waals surface area contributed by atoms with Crippen LogP contribution in [0.15, 0.2) is 24.3 Å². The van der Waals surface area contributed by atoms with Gasteiger partial charge in [-0.2, -0.15) is 0 Å². The van der Waals surface area contributed by atoms with E-state index in [0.29, 0.717) is 0 Å². The quantitative estimate of drug-likeness (QED) is 0.825. The Hall–Kier alpha value is -2.57. The summed E-state index contributed by atoms with van der Waals surface area (Å²) >= 11 is 0. The lowest BCUT2D eigenvalue weighted by Crippen LogP contribution is -2.43. The van der Waals surface area contributed by atoms with Gasteiger partial charge in [-0.15, -0.1) is 0 Å². The lowest BCUT2D eigenvalue weighted by molar-refractivity contribution is -0.142. The summed E-state index contributed by atoms with van der Waals surface area (Å²) in [4.78, 5) is 37.5. The van der Waals surface area contributed by atoms with E-state index in [0.717, 1.165) is 16.0 Å². The third-order valence-electron chi connectivity index (χ3n) is 3.49. The smallest absolute Gasteiger partial charge is 0.407 e. The Balaban J connectivity index is 3.08. The average Bonchev–Trinajstić information content (AvgIpc) is 2.46. The summed E-state index contributed by atoms with van der Waals surface area (Å²) in [5, 5.41) is 9.03. The molecule has 7 heteroatoms. The van der Waals surface area contributed by atoms with Gasteiger partial charge < -0.3 is 20.6 Å². The van der Waals surface area contributed by atoms with Crippen LogP contribution in [-0.4, -0.2) is 46.4 Å². The number of primary amides is 1. The van der Waals surface area contributed by atoms with E-state index in [9.17, 15) is 14.4 Å². The first-order valence-electron chi connectivity index (χ1n) is 7.61. The molecule has 0 aromatic heterocycles. The highest BCUT2D eigenvalue weighted by Crippen LogP contribution is 2.21. The monoisotopic (exact) mass is 335 g/mol. The second kappa shape index (κ2) is 7.81. The van der Waals surface area contributed by atoms with Gasteiger partial charge in [0.1, 0.15) is 0 Å². The fourth-order valence-electron chi connectivity index (χ4n) is 2.26. The molecular weight excluding hydrogens is 310 g/mol. The van der Waals surface area contributed by atoms with Gasteiger partial charge in [0, 0.05) is 25.6 Å². The number of carboxylic acid groups (broad SMARTS) is 1. The van der Waals surface area contributed by atoms with Crippen LogP contribution in [0.1, 0.15) is 31.9 Å². The highest BCUT2D eigenvalue weighted by atomic mass is 16.4. The van der Waals surface area contributed by atoms with Crippen LogP contribution in [-0.2, 0) is 22.7 Å². The fraction of sp³-hybridized carbons (Fsp3) is 0.471. The summed E-state index contributed by atoms with van der Waals surface area (Å²) in [6, 6.07) is 7.23. The molecule has 0 aliphatic carbocycles. The number of rotatable bonds is 6. The topological polar surface area (TPSA) is 104 Å². The Labute approximate surface area is 142 Å². The van der Waals surface area contributed by atoms with Crippen LogP contribution in [0.4, 0.5) is 4.79 Å². The number of nitrogens with two attached hydrogens (primary N) is 1. The average molecular weight is 335 g/mol. The van der Waals surface area contributed by atoms with Crippen molar-refractivity contribution in [2.24, 2.45) is 11.1 Å². The Morgan fingerprint density at radius 3 is 2.00 bits per heavy atom. The largest absolute Gasteiger partial charge is 0.465 e. The zero-order chi connectivity index (χ0) is 18.5. The summed E-state index contributed by atoms with van der Waals surface area (Å²) in [5.74, 6) is -0.782. The number of benzene rings is 1. The highest BCUT2D eigenvalue weighted by molar-refractivity contribution is 5.86. The van der Waals surface area contributed by atoms with Crippen molar-refractivity contribution in [3.05, 3.63) is 35.4 Å². The van der Waals surface area contributed by atoms with Gasteiger partial charge in [-0.3, -0.25) is 9.59 Å². The molecule has 1 aromatic rings. The summed E-state index contributed by atoms with van der Waals surface area (Å²) in [5.41, 5.74) is 6.18. The minimum atomic E-state index is -1.04. The Kier molecular flexibility index (Phi) is 6.34. The van der Waals surface area contributed by atoms with Gasteiger partial charge in [0.15, 0.2) is 0 Å². The Bertz CT molecular complexity index is 623. The van der Waals surface area contributed by atoms with E-state index in [-0.39, 0.29) is 25.5 Å². The van der Waals surface area contributed by atoms with Gasteiger partial charge in [0.2, 0.25) is 11.8 Å². The molecule has 0 bridgehead atoms. The predicted molar refractivity (Wildman–Crippen MR) is 90.0 cm³/mol. The minimum absolute atomic E-state index is 0.181. The van der Waals surface area contributed by atoms with Crippen molar-refractivity contribution in [2.45, 2.75) is 33.9 Å². The maximum absolute atomic E-state index is 12.6. The molecule has 0 aliphatic rings. The van der Waals surface area contributed by atoms with Crippen molar-refractivity contribution in [2.75, 3.05) is 13.6 Å². The second-order valence-electron chi connectivity index (χ2n) is 6.78.